The lowest BCUT2D eigenvalue weighted by atomic mass is 9.82. The first-order valence-electron chi connectivity index (χ1n) is 7.56. The van der Waals surface area contributed by atoms with Crippen molar-refractivity contribution in [2.45, 2.75) is 32.6 Å². The zero-order valence-electron chi connectivity index (χ0n) is 12.7. The number of rotatable bonds is 1. The Hall–Kier alpha value is -2.49. The maximum atomic E-state index is 12.5. The van der Waals surface area contributed by atoms with Crippen LogP contribution in [0.5, 0.6) is 0 Å². The van der Waals surface area contributed by atoms with Gasteiger partial charge in [0.05, 0.1) is 17.0 Å². The molecule has 0 bridgehead atoms. The molecule has 4 nitrogen and oxygen atoms in total. The Morgan fingerprint density at radius 2 is 2.05 bits per heavy atom. The van der Waals surface area contributed by atoms with E-state index in [0.717, 1.165) is 29.0 Å². The smallest absolute Gasteiger partial charge is 0.166 e. The maximum Gasteiger partial charge on any atom is 0.166 e. The van der Waals surface area contributed by atoms with Crippen LogP contribution >= 0.6 is 0 Å². The topological polar surface area (TPSA) is 47.3 Å². The molecule has 0 aliphatic heterocycles. The second-order valence-corrected chi connectivity index (χ2v) is 6.12. The zero-order chi connectivity index (χ0) is 15.3. The lowest BCUT2D eigenvalue weighted by Gasteiger charge is -2.24. The molecule has 0 fully saturated rings. The summed E-state index contributed by atoms with van der Waals surface area (Å²) in [5, 5.41) is 4.51. The molecule has 110 valence electrons. The molecule has 22 heavy (non-hydrogen) atoms. The minimum atomic E-state index is 0.162. The van der Waals surface area contributed by atoms with Gasteiger partial charge in [-0.2, -0.15) is 5.10 Å². The van der Waals surface area contributed by atoms with Crippen LogP contribution in [0.4, 0.5) is 0 Å². The van der Waals surface area contributed by atoms with Gasteiger partial charge < -0.3 is 0 Å². The molecule has 4 heteroatoms. The van der Waals surface area contributed by atoms with Crippen molar-refractivity contribution >= 4 is 11.4 Å². The van der Waals surface area contributed by atoms with Gasteiger partial charge in [0.15, 0.2) is 11.4 Å². The summed E-state index contributed by atoms with van der Waals surface area (Å²) in [7, 11) is 0. The van der Waals surface area contributed by atoms with Crippen molar-refractivity contribution in [1.82, 2.24) is 14.6 Å². The van der Waals surface area contributed by atoms with Gasteiger partial charge in [-0.3, -0.25) is 4.79 Å². The van der Waals surface area contributed by atoms with Crippen molar-refractivity contribution in [2.75, 3.05) is 0 Å². The molecule has 0 amide bonds. The molecule has 2 heterocycles. The van der Waals surface area contributed by atoms with Crippen LogP contribution in [0.15, 0.2) is 36.5 Å². The van der Waals surface area contributed by atoms with E-state index in [2.05, 4.69) is 41.3 Å². The van der Waals surface area contributed by atoms with Gasteiger partial charge in [0.2, 0.25) is 0 Å². The molecule has 3 aromatic rings. The van der Waals surface area contributed by atoms with Crippen LogP contribution in [0.25, 0.3) is 5.65 Å². The Morgan fingerprint density at radius 3 is 2.86 bits per heavy atom. The fourth-order valence-corrected chi connectivity index (χ4v) is 3.32. The number of aromatic nitrogens is 3. The predicted octanol–water partition coefficient (Wildman–Crippen LogP) is 3.26. The predicted molar refractivity (Wildman–Crippen MR) is 84.3 cm³/mol. The number of Topliss-reactive ketones (excluding diaryl/α,β-unsaturated/α-hetero) is 1. The third kappa shape index (κ3) is 2.03. The van der Waals surface area contributed by atoms with Gasteiger partial charge in [0.25, 0.3) is 0 Å². The molecule has 4 rings (SSSR count). The zero-order valence-corrected chi connectivity index (χ0v) is 12.7. The first-order chi connectivity index (χ1) is 10.6. The van der Waals surface area contributed by atoms with E-state index >= 15 is 0 Å². The molecule has 0 radical (unpaired) electrons. The fraction of sp³-hybridized carbons (Fsp3) is 0.278. The number of carbonyl (C=O) groups is 1. The highest BCUT2D eigenvalue weighted by Gasteiger charge is 2.29. The summed E-state index contributed by atoms with van der Waals surface area (Å²) >= 11 is 0. The highest BCUT2D eigenvalue weighted by Crippen LogP contribution is 2.32. The fourth-order valence-electron chi connectivity index (χ4n) is 3.32. The normalized spacial score (nSPS) is 17.7. The van der Waals surface area contributed by atoms with Crippen LogP contribution in [0.2, 0.25) is 0 Å². The van der Waals surface area contributed by atoms with Gasteiger partial charge >= 0.3 is 0 Å². The van der Waals surface area contributed by atoms with Gasteiger partial charge in [-0.15, -0.1) is 0 Å². The van der Waals surface area contributed by atoms with E-state index in [1.807, 2.05) is 17.5 Å². The summed E-state index contributed by atoms with van der Waals surface area (Å²) in [6, 6.07) is 10.4. The van der Waals surface area contributed by atoms with Gasteiger partial charge in [-0.05, 0) is 31.7 Å². The quantitative estimate of drug-likeness (QED) is 0.691. The van der Waals surface area contributed by atoms with E-state index < -0.39 is 0 Å². The first kappa shape index (κ1) is 13.2. The van der Waals surface area contributed by atoms with Gasteiger partial charge in [0, 0.05) is 18.7 Å². The first-order valence-corrected chi connectivity index (χ1v) is 7.56. The summed E-state index contributed by atoms with van der Waals surface area (Å²) < 4.78 is 1.84. The largest absolute Gasteiger partial charge is 0.294 e. The Kier molecular flexibility index (Phi) is 2.86. The van der Waals surface area contributed by atoms with E-state index in [9.17, 15) is 4.79 Å². The van der Waals surface area contributed by atoms with Crippen LogP contribution in [-0.2, 0) is 6.42 Å². The van der Waals surface area contributed by atoms with Gasteiger partial charge in [0.1, 0.15) is 0 Å². The van der Waals surface area contributed by atoms with Crippen molar-refractivity contribution < 1.29 is 4.79 Å². The number of aryl methyl sites for hydroxylation is 2. The van der Waals surface area contributed by atoms with Crippen LogP contribution in [0.3, 0.4) is 0 Å². The summed E-state index contributed by atoms with van der Waals surface area (Å²) in [6.45, 7) is 4.03. The monoisotopic (exact) mass is 291 g/mol. The third-order valence-electron chi connectivity index (χ3n) is 4.39. The van der Waals surface area contributed by atoms with Crippen LogP contribution in [-0.4, -0.2) is 20.4 Å². The highest BCUT2D eigenvalue weighted by molar-refractivity contribution is 5.98. The number of fused-ring (bicyclic) bond motifs is 3. The molecule has 1 aliphatic rings. The molecule has 1 atom stereocenters. The number of nitrogens with zero attached hydrogens (tertiary/aromatic N) is 3. The molecule has 1 aliphatic carbocycles. The van der Waals surface area contributed by atoms with Crippen molar-refractivity contribution in [3.8, 4) is 0 Å². The van der Waals surface area contributed by atoms with Gasteiger partial charge in [-0.1, -0.05) is 29.8 Å². The summed E-state index contributed by atoms with van der Waals surface area (Å²) in [4.78, 5) is 16.9. The molecule has 0 saturated carbocycles. The van der Waals surface area contributed by atoms with Crippen molar-refractivity contribution in [2.24, 2.45) is 0 Å². The minimum absolute atomic E-state index is 0.162. The van der Waals surface area contributed by atoms with Crippen molar-refractivity contribution in [1.29, 1.82) is 0 Å². The molecule has 0 N–H and O–H groups in total. The standard InChI is InChI=1S/C18H17N3O/c1-11-4-3-5-13(6-11)14-8-16-15(17(22)9-14)10-19-18-7-12(2)20-21(16)18/h3-7,10,14H,8-9H2,1-2H3. The Bertz CT molecular complexity index is 894. The van der Waals surface area contributed by atoms with Crippen LogP contribution in [0, 0.1) is 13.8 Å². The lowest BCUT2D eigenvalue weighted by Crippen LogP contribution is -2.22. The molecule has 1 aromatic carbocycles. The van der Waals surface area contributed by atoms with Crippen LogP contribution in [0.1, 0.15) is 45.2 Å². The molecular weight excluding hydrogens is 274 g/mol. The summed E-state index contributed by atoms with van der Waals surface area (Å²) in [6.07, 6.45) is 3.08. The second-order valence-electron chi connectivity index (χ2n) is 6.12. The number of benzene rings is 1. The third-order valence-corrected chi connectivity index (χ3v) is 4.39. The minimum Gasteiger partial charge on any atom is -0.294 e. The Balaban J connectivity index is 1.84. The number of hydrogen-bond acceptors (Lipinski definition) is 3. The SMILES string of the molecule is Cc1cccc(C2CC(=O)c3cnc4cc(C)nn4c3C2)c1. The average Bonchev–Trinajstić information content (AvgIpc) is 2.88. The molecule has 0 spiro atoms. The highest BCUT2D eigenvalue weighted by atomic mass is 16.1. The van der Waals surface area contributed by atoms with E-state index in [-0.39, 0.29) is 11.7 Å². The van der Waals surface area contributed by atoms with E-state index in [1.54, 1.807) is 6.20 Å². The number of ketones is 1. The van der Waals surface area contributed by atoms with Crippen molar-refractivity contribution in [3.05, 3.63) is 64.6 Å². The maximum absolute atomic E-state index is 12.5. The molecule has 1 unspecified atom stereocenters. The molecular formula is C18H17N3O. The second kappa shape index (κ2) is 4.77. The summed E-state index contributed by atoms with van der Waals surface area (Å²) in [5.74, 6) is 0.380. The molecule has 0 saturated heterocycles. The summed E-state index contributed by atoms with van der Waals surface area (Å²) in [5.41, 5.74) is 5.90. The van der Waals surface area contributed by atoms with E-state index in [0.29, 0.717) is 6.42 Å². The van der Waals surface area contributed by atoms with Crippen LogP contribution < -0.4 is 0 Å². The van der Waals surface area contributed by atoms with Crippen molar-refractivity contribution in [3.63, 3.8) is 0 Å². The molecule has 2 aromatic heterocycles. The van der Waals surface area contributed by atoms with E-state index in [4.69, 9.17) is 0 Å². The van der Waals surface area contributed by atoms with Gasteiger partial charge in [-0.25, -0.2) is 9.50 Å². The Morgan fingerprint density at radius 1 is 1.18 bits per heavy atom. The Labute approximate surface area is 128 Å². The number of carbonyl (C=O) groups excluding carboxylic acids is 1. The lowest BCUT2D eigenvalue weighted by molar-refractivity contribution is 0.0962. The average molecular weight is 291 g/mol. The number of hydrogen-bond donors (Lipinski definition) is 0. The van der Waals surface area contributed by atoms with E-state index in [1.165, 1.54) is 11.1 Å².